The third kappa shape index (κ3) is 3.03. The van der Waals surface area contributed by atoms with Gasteiger partial charge in [0.15, 0.2) is 17.5 Å². The van der Waals surface area contributed by atoms with Gasteiger partial charge in [-0.1, -0.05) is 30.3 Å². The molecule has 23 heavy (non-hydrogen) atoms. The minimum Gasteiger partial charge on any atom is -0.485 e. The van der Waals surface area contributed by atoms with Gasteiger partial charge in [-0.25, -0.2) is 9.48 Å². The summed E-state index contributed by atoms with van der Waals surface area (Å²) in [6.45, 7) is 2.48. The first kappa shape index (κ1) is 15.1. The minimum atomic E-state index is -0.670. The maximum Gasteiger partial charge on any atom is 0.332 e. The molecule has 2 heterocycles. The summed E-state index contributed by atoms with van der Waals surface area (Å²) in [5, 5.41) is 6.81. The molecule has 7 heteroatoms. The van der Waals surface area contributed by atoms with Crippen LogP contribution < -0.4 is 10.1 Å². The first-order valence-corrected chi connectivity index (χ1v) is 7.39. The van der Waals surface area contributed by atoms with Crippen LogP contribution in [0, 0.1) is 0 Å². The fourth-order valence-corrected chi connectivity index (χ4v) is 2.42. The number of carbonyl (C=O) groups is 2. The summed E-state index contributed by atoms with van der Waals surface area (Å²) in [6, 6.07) is 8.93. The number of carbonyl (C=O) groups excluding carboxylic acids is 2. The lowest BCUT2D eigenvalue weighted by molar-refractivity contribution is -0.147. The average molecular weight is 315 g/mol. The summed E-state index contributed by atoms with van der Waals surface area (Å²) >= 11 is 0. The molecule has 1 unspecified atom stereocenters. The van der Waals surface area contributed by atoms with E-state index < -0.39 is 12.0 Å². The zero-order chi connectivity index (χ0) is 16.2. The predicted octanol–water partition coefficient (Wildman–Crippen LogP) is 1.31. The van der Waals surface area contributed by atoms with Crippen molar-refractivity contribution in [3.63, 3.8) is 0 Å². The van der Waals surface area contributed by atoms with Gasteiger partial charge in [-0.15, -0.1) is 0 Å². The van der Waals surface area contributed by atoms with Gasteiger partial charge in [0.25, 0.3) is 5.91 Å². The van der Waals surface area contributed by atoms with Crippen LogP contribution in [-0.2, 0) is 16.1 Å². The normalized spacial score (nSPS) is 16.4. The molecule has 2 aromatic rings. The topological polar surface area (TPSA) is 82.4 Å². The van der Waals surface area contributed by atoms with Crippen molar-refractivity contribution in [2.75, 3.05) is 13.2 Å². The molecule has 1 atom stereocenters. The van der Waals surface area contributed by atoms with Gasteiger partial charge in [-0.2, -0.15) is 5.10 Å². The number of amides is 1. The fraction of sp³-hybridized carbons (Fsp3) is 0.312. The van der Waals surface area contributed by atoms with Gasteiger partial charge in [0, 0.05) is 0 Å². The third-order valence-corrected chi connectivity index (χ3v) is 3.52. The second-order valence-electron chi connectivity index (χ2n) is 5.05. The number of fused-ring (bicyclic) bond motifs is 1. The summed E-state index contributed by atoms with van der Waals surface area (Å²) in [6.07, 6.45) is 1.45. The maximum absolute atomic E-state index is 12.1. The van der Waals surface area contributed by atoms with E-state index in [1.54, 1.807) is 6.92 Å². The Morgan fingerprint density at radius 2 is 2.17 bits per heavy atom. The summed E-state index contributed by atoms with van der Waals surface area (Å²) in [5.74, 6) is -0.391. The molecule has 0 fully saturated rings. The lowest BCUT2D eigenvalue weighted by Gasteiger charge is -2.23. The highest BCUT2D eigenvalue weighted by atomic mass is 16.5. The van der Waals surface area contributed by atoms with Crippen LogP contribution in [0.1, 0.15) is 29.0 Å². The molecule has 7 nitrogen and oxygen atoms in total. The highest BCUT2D eigenvalue weighted by molar-refractivity contribution is 5.97. The highest BCUT2D eigenvalue weighted by Crippen LogP contribution is 2.25. The average Bonchev–Trinajstić information content (AvgIpc) is 2.99. The van der Waals surface area contributed by atoms with E-state index in [9.17, 15) is 9.59 Å². The van der Waals surface area contributed by atoms with Gasteiger partial charge < -0.3 is 14.8 Å². The van der Waals surface area contributed by atoms with E-state index in [0.717, 1.165) is 5.56 Å². The quantitative estimate of drug-likeness (QED) is 0.841. The molecule has 1 aromatic carbocycles. The van der Waals surface area contributed by atoms with Crippen LogP contribution in [0.5, 0.6) is 5.75 Å². The smallest absolute Gasteiger partial charge is 0.332 e. The van der Waals surface area contributed by atoms with Crippen molar-refractivity contribution < 1.29 is 19.1 Å². The standard InChI is InChI=1S/C16H17N3O4/c1-2-22-16(21)12-8-17-15(20)14-13(9-18-19(12)14)23-10-11-6-4-3-5-7-11/h3-7,9,12H,2,8,10H2,1H3,(H,17,20). The number of esters is 1. The Kier molecular flexibility index (Phi) is 4.27. The predicted molar refractivity (Wildman–Crippen MR) is 81.0 cm³/mol. The number of hydrogen-bond acceptors (Lipinski definition) is 5. The van der Waals surface area contributed by atoms with Gasteiger partial charge in [-0.3, -0.25) is 4.79 Å². The van der Waals surface area contributed by atoms with Crippen LogP contribution in [0.2, 0.25) is 0 Å². The van der Waals surface area contributed by atoms with E-state index >= 15 is 0 Å². The van der Waals surface area contributed by atoms with Crippen LogP contribution in [0.25, 0.3) is 0 Å². The van der Waals surface area contributed by atoms with Crippen LogP contribution in [0.3, 0.4) is 0 Å². The maximum atomic E-state index is 12.1. The first-order chi connectivity index (χ1) is 11.2. The van der Waals surface area contributed by atoms with Crippen molar-refractivity contribution in [1.29, 1.82) is 0 Å². The number of nitrogens with zero attached hydrogens (tertiary/aromatic N) is 2. The van der Waals surface area contributed by atoms with Gasteiger partial charge in [0.1, 0.15) is 6.61 Å². The summed E-state index contributed by atoms with van der Waals surface area (Å²) in [7, 11) is 0. The van der Waals surface area contributed by atoms with Gasteiger partial charge in [0.2, 0.25) is 0 Å². The van der Waals surface area contributed by atoms with Gasteiger partial charge in [-0.05, 0) is 12.5 Å². The molecular formula is C16H17N3O4. The number of aromatic nitrogens is 2. The molecule has 1 aliphatic rings. The largest absolute Gasteiger partial charge is 0.485 e. The molecular weight excluding hydrogens is 298 g/mol. The van der Waals surface area contributed by atoms with Gasteiger partial charge >= 0.3 is 5.97 Å². The van der Waals surface area contributed by atoms with Crippen LogP contribution in [-0.4, -0.2) is 34.8 Å². The van der Waals surface area contributed by atoms with Crippen molar-refractivity contribution in [3.05, 3.63) is 47.8 Å². The minimum absolute atomic E-state index is 0.157. The van der Waals surface area contributed by atoms with Gasteiger partial charge in [0.05, 0.1) is 19.3 Å². The molecule has 120 valence electrons. The van der Waals surface area contributed by atoms with Crippen LogP contribution in [0.15, 0.2) is 36.5 Å². The number of ether oxygens (including phenoxy) is 2. The molecule has 1 amide bonds. The molecule has 1 aromatic heterocycles. The van der Waals surface area contributed by atoms with Crippen LogP contribution in [0.4, 0.5) is 0 Å². The zero-order valence-corrected chi connectivity index (χ0v) is 12.7. The third-order valence-electron chi connectivity index (χ3n) is 3.52. The van der Waals surface area contributed by atoms with Crippen molar-refractivity contribution >= 4 is 11.9 Å². The lowest BCUT2D eigenvalue weighted by atomic mass is 10.2. The Balaban J connectivity index is 1.81. The fourth-order valence-electron chi connectivity index (χ4n) is 2.42. The summed E-state index contributed by atoms with van der Waals surface area (Å²) in [5.41, 5.74) is 1.22. The van der Waals surface area contributed by atoms with E-state index in [0.29, 0.717) is 12.4 Å². The highest BCUT2D eigenvalue weighted by Gasteiger charge is 2.34. The zero-order valence-electron chi connectivity index (χ0n) is 12.7. The Bertz CT molecular complexity index is 711. The Morgan fingerprint density at radius 1 is 1.39 bits per heavy atom. The number of rotatable bonds is 5. The Morgan fingerprint density at radius 3 is 2.91 bits per heavy atom. The molecule has 0 radical (unpaired) electrons. The van der Waals surface area contributed by atoms with E-state index in [1.165, 1.54) is 10.9 Å². The SMILES string of the molecule is CCOC(=O)C1CNC(=O)c2c(OCc3ccccc3)cnn21. The summed E-state index contributed by atoms with van der Waals surface area (Å²) < 4.78 is 12.1. The second-order valence-corrected chi connectivity index (χ2v) is 5.05. The summed E-state index contributed by atoms with van der Waals surface area (Å²) in [4.78, 5) is 24.1. The first-order valence-electron chi connectivity index (χ1n) is 7.39. The molecule has 0 aliphatic carbocycles. The van der Waals surface area contributed by atoms with Crippen molar-refractivity contribution in [1.82, 2.24) is 15.1 Å². The molecule has 0 bridgehead atoms. The van der Waals surface area contributed by atoms with E-state index in [-0.39, 0.29) is 24.8 Å². The molecule has 3 rings (SSSR count). The van der Waals surface area contributed by atoms with E-state index in [4.69, 9.17) is 9.47 Å². The van der Waals surface area contributed by atoms with Crippen molar-refractivity contribution in [3.8, 4) is 5.75 Å². The van der Waals surface area contributed by atoms with E-state index in [2.05, 4.69) is 10.4 Å². The molecule has 0 saturated carbocycles. The molecule has 0 spiro atoms. The Hall–Kier alpha value is -2.83. The van der Waals surface area contributed by atoms with Crippen molar-refractivity contribution in [2.24, 2.45) is 0 Å². The molecule has 0 saturated heterocycles. The lowest BCUT2D eigenvalue weighted by Crippen LogP contribution is -2.43. The number of nitrogens with one attached hydrogen (secondary N) is 1. The monoisotopic (exact) mass is 315 g/mol. The van der Waals surface area contributed by atoms with Crippen molar-refractivity contribution in [2.45, 2.75) is 19.6 Å². The number of benzene rings is 1. The molecule has 1 N–H and O–H groups in total. The number of hydrogen-bond donors (Lipinski definition) is 1. The van der Waals surface area contributed by atoms with Crippen LogP contribution >= 0.6 is 0 Å². The second kappa shape index (κ2) is 6.51. The molecule has 1 aliphatic heterocycles. The Labute approximate surface area is 133 Å². The van der Waals surface area contributed by atoms with E-state index in [1.807, 2.05) is 30.3 Å².